The minimum atomic E-state index is 0.110. The number of aromatic nitrogens is 2. The smallest absolute Gasteiger partial charge is 0.205 e. The van der Waals surface area contributed by atoms with E-state index in [-0.39, 0.29) is 5.78 Å². The lowest BCUT2D eigenvalue weighted by Crippen LogP contribution is -2.48. The molecule has 29 heavy (non-hydrogen) atoms. The van der Waals surface area contributed by atoms with Gasteiger partial charge in [0, 0.05) is 53.9 Å². The standard InChI is InChI=1S/C21H21ClN4O2S/c1-28-18-4-2-3-16(13-18)19(27)14-25-9-11-26(12-10-25)21-23-20(24-29-21)15-5-7-17(22)8-6-15/h2-8,13H,9-12,14H2,1H3. The van der Waals surface area contributed by atoms with Gasteiger partial charge in [0.1, 0.15) is 5.75 Å². The number of nitrogens with zero attached hydrogens (tertiary/aromatic N) is 4. The van der Waals surface area contributed by atoms with Gasteiger partial charge in [-0.05, 0) is 36.4 Å². The molecule has 1 aliphatic rings. The number of halogens is 1. The molecule has 150 valence electrons. The summed E-state index contributed by atoms with van der Waals surface area (Å²) in [5, 5.41) is 1.61. The second kappa shape index (κ2) is 8.90. The molecule has 0 N–H and O–H groups in total. The van der Waals surface area contributed by atoms with Crippen molar-refractivity contribution in [3.05, 3.63) is 59.1 Å². The largest absolute Gasteiger partial charge is 0.497 e. The number of ether oxygens (including phenoxy) is 1. The van der Waals surface area contributed by atoms with Crippen molar-refractivity contribution in [2.45, 2.75) is 0 Å². The highest BCUT2D eigenvalue weighted by Gasteiger charge is 2.22. The van der Waals surface area contributed by atoms with Crippen LogP contribution in [0, 0.1) is 0 Å². The molecule has 0 bridgehead atoms. The van der Waals surface area contributed by atoms with Gasteiger partial charge in [0.05, 0.1) is 13.7 Å². The van der Waals surface area contributed by atoms with E-state index in [0.717, 1.165) is 42.7 Å². The van der Waals surface area contributed by atoms with Crippen molar-refractivity contribution in [1.29, 1.82) is 0 Å². The number of hydrogen-bond donors (Lipinski definition) is 0. The summed E-state index contributed by atoms with van der Waals surface area (Å²) >= 11 is 7.35. The Kier molecular flexibility index (Phi) is 6.08. The number of benzene rings is 2. The van der Waals surface area contributed by atoms with Gasteiger partial charge < -0.3 is 9.64 Å². The van der Waals surface area contributed by atoms with Gasteiger partial charge in [-0.3, -0.25) is 9.69 Å². The minimum Gasteiger partial charge on any atom is -0.497 e. The molecule has 0 spiro atoms. The third kappa shape index (κ3) is 4.75. The van der Waals surface area contributed by atoms with Gasteiger partial charge in [0.2, 0.25) is 5.13 Å². The van der Waals surface area contributed by atoms with E-state index in [4.69, 9.17) is 16.3 Å². The molecule has 6 nitrogen and oxygen atoms in total. The topological polar surface area (TPSA) is 58.6 Å². The number of rotatable bonds is 6. The molecule has 0 amide bonds. The molecular formula is C21H21ClN4O2S. The van der Waals surface area contributed by atoms with Crippen molar-refractivity contribution < 1.29 is 9.53 Å². The van der Waals surface area contributed by atoms with Gasteiger partial charge in [0.25, 0.3) is 0 Å². The van der Waals surface area contributed by atoms with E-state index in [0.29, 0.717) is 22.9 Å². The molecule has 8 heteroatoms. The first-order chi connectivity index (χ1) is 14.1. The lowest BCUT2D eigenvalue weighted by Gasteiger charge is -2.33. The maximum Gasteiger partial charge on any atom is 0.205 e. The monoisotopic (exact) mass is 428 g/mol. The van der Waals surface area contributed by atoms with Crippen molar-refractivity contribution in [2.75, 3.05) is 44.7 Å². The third-order valence-corrected chi connectivity index (χ3v) is 5.95. The van der Waals surface area contributed by atoms with Gasteiger partial charge in [-0.1, -0.05) is 23.7 Å². The summed E-state index contributed by atoms with van der Waals surface area (Å²) in [6, 6.07) is 14.9. The summed E-state index contributed by atoms with van der Waals surface area (Å²) in [6.07, 6.45) is 0. The van der Waals surface area contributed by atoms with Crippen LogP contribution in [0.15, 0.2) is 48.5 Å². The first-order valence-electron chi connectivity index (χ1n) is 9.36. The van der Waals surface area contributed by atoms with Crippen LogP contribution in [0.3, 0.4) is 0 Å². The molecule has 2 heterocycles. The first-order valence-corrected chi connectivity index (χ1v) is 10.5. The van der Waals surface area contributed by atoms with E-state index >= 15 is 0 Å². The van der Waals surface area contributed by atoms with E-state index in [2.05, 4.69) is 19.2 Å². The highest BCUT2D eigenvalue weighted by molar-refractivity contribution is 7.09. The van der Waals surface area contributed by atoms with Gasteiger partial charge in [-0.25, -0.2) is 0 Å². The van der Waals surface area contributed by atoms with Gasteiger partial charge in [-0.2, -0.15) is 9.36 Å². The molecule has 1 aromatic heterocycles. The third-order valence-electron chi connectivity index (χ3n) is 4.92. The fourth-order valence-corrected chi connectivity index (χ4v) is 4.11. The van der Waals surface area contributed by atoms with Crippen molar-refractivity contribution >= 4 is 34.0 Å². The maximum absolute atomic E-state index is 12.6. The molecule has 1 saturated heterocycles. The molecule has 0 saturated carbocycles. The Morgan fingerprint density at radius 1 is 1.14 bits per heavy atom. The molecule has 0 unspecified atom stereocenters. The Balaban J connectivity index is 1.33. The van der Waals surface area contributed by atoms with E-state index in [9.17, 15) is 4.79 Å². The Morgan fingerprint density at radius 2 is 1.90 bits per heavy atom. The maximum atomic E-state index is 12.6. The number of ketones is 1. The SMILES string of the molecule is COc1cccc(C(=O)CN2CCN(c3nc(-c4ccc(Cl)cc4)ns3)CC2)c1. The Labute approximate surface area is 178 Å². The molecule has 3 aromatic rings. The zero-order valence-electron chi connectivity index (χ0n) is 16.0. The zero-order valence-corrected chi connectivity index (χ0v) is 17.6. The molecule has 1 aliphatic heterocycles. The Morgan fingerprint density at radius 3 is 2.62 bits per heavy atom. The number of carbonyl (C=O) groups is 1. The predicted molar refractivity (Wildman–Crippen MR) is 116 cm³/mol. The second-order valence-corrected chi connectivity index (χ2v) is 7.99. The number of carbonyl (C=O) groups excluding carboxylic acids is 1. The number of piperazine rings is 1. The number of Topliss-reactive ketones (excluding diaryl/α,β-unsaturated/α-hetero) is 1. The Bertz CT molecular complexity index is 984. The lowest BCUT2D eigenvalue weighted by atomic mass is 10.1. The van der Waals surface area contributed by atoms with Crippen molar-refractivity contribution in [2.24, 2.45) is 0 Å². The molecule has 2 aromatic carbocycles. The fourth-order valence-electron chi connectivity index (χ4n) is 3.25. The van der Waals surface area contributed by atoms with E-state index in [1.54, 1.807) is 13.2 Å². The van der Waals surface area contributed by atoms with Crippen molar-refractivity contribution in [1.82, 2.24) is 14.3 Å². The van der Waals surface area contributed by atoms with E-state index < -0.39 is 0 Å². The molecule has 4 rings (SSSR count). The minimum absolute atomic E-state index is 0.110. The van der Waals surface area contributed by atoms with Crippen LogP contribution in [-0.2, 0) is 0 Å². The molecule has 0 radical (unpaired) electrons. The van der Waals surface area contributed by atoms with Crippen molar-refractivity contribution in [3.63, 3.8) is 0 Å². The highest BCUT2D eigenvalue weighted by Crippen LogP contribution is 2.26. The van der Waals surface area contributed by atoms with Crippen molar-refractivity contribution in [3.8, 4) is 17.1 Å². The van der Waals surface area contributed by atoms with Crippen LogP contribution in [0.25, 0.3) is 11.4 Å². The fraction of sp³-hybridized carbons (Fsp3) is 0.286. The average molecular weight is 429 g/mol. The number of anilines is 1. The summed E-state index contributed by atoms with van der Waals surface area (Å²) in [5.74, 6) is 1.53. The first kappa shape index (κ1) is 19.8. The summed E-state index contributed by atoms with van der Waals surface area (Å²) in [6.45, 7) is 3.67. The highest BCUT2D eigenvalue weighted by atomic mass is 35.5. The molecular weight excluding hydrogens is 408 g/mol. The van der Waals surface area contributed by atoms with Crippen LogP contribution in [0.2, 0.25) is 5.02 Å². The van der Waals surface area contributed by atoms with Crippen LogP contribution >= 0.6 is 23.1 Å². The zero-order chi connectivity index (χ0) is 20.2. The number of hydrogen-bond acceptors (Lipinski definition) is 7. The number of methoxy groups -OCH3 is 1. The van der Waals surface area contributed by atoms with E-state index in [1.807, 2.05) is 42.5 Å². The predicted octanol–water partition coefficient (Wildman–Crippen LogP) is 3.87. The van der Waals surface area contributed by atoms with Crippen LogP contribution < -0.4 is 9.64 Å². The second-order valence-electron chi connectivity index (χ2n) is 6.83. The summed E-state index contributed by atoms with van der Waals surface area (Å²) in [4.78, 5) is 21.7. The molecule has 0 atom stereocenters. The normalized spacial score (nSPS) is 14.8. The van der Waals surface area contributed by atoms with Crippen LogP contribution in [0.1, 0.15) is 10.4 Å². The molecule has 0 aliphatic carbocycles. The summed E-state index contributed by atoms with van der Waals surface area (Å²) in [7, 11) is 1.61. The van der Waals surface area contributed by atoms with E-state index in [1.165, 1.54) is 11.5 Å². The average Bonchev–Trinajstić information content (AvgIpc) is 3.25. The van der Waals surface area contributed by atoms with Gasteiger partial charge in [-0.15, -0.1) is 0 Å². The van der Waals surface area contributed by atoms with Crippen LogP contribution in [0.5, 0.6) is 5.75 Å². The summed E-state index contributed by atoms with van der Waals surface area (Å²) < 4.78 is 9.69. The quantitative estimate of drug-likeness (QED) is 0.555. The van der Waals surface area contributed by atoms with Gasteiger partial charge in [0.15, 0.2) is 11.6 Å². The van der Waals surface area contributed by atoms with Gasteiger partial charge >= 0.3 is 0 Å². The van der Waals surface area contributed by atoms with Crippen LogP contribution in [0.4, 0.5) is 5.13 Å². The lowest BCUT2D eigenvalue weighted by molar-refractivity contribution is 0.0926. The van der Waals surface area contributed by atoms with Crippen LogP contribution in [-0.4, -0.2) is 59.9 Å². The molecule has 1 fully saturated rings. The summed E-state index contributed by atoms with van der Waals surface area (Å²) in [5.41, 5.74) is 1.64. The Hall–Kier alpha value is -2.48.